The number of nitrogens with one attached hydrogen (secondary N) is 1. The smallest absolute Gasteiger partial charge is 0.416 e. The first-order valence-corrected chi connectivity index (χ1v) is 8.57. The van der Waals surface area contributed by atoms with Crippen molar-refractivity contribution in [1.82, 2.24) is 0 Å². The van der Waals surface area contributed by atoms with Crippen LogP contribution in [-0.4, -0.2) is 18.3 Å². The standard InChI is InChI=1S/C18H18F3NO2S/c1-12(17(23)22-15-6-8-16(24-2)9-7-15)25-11-13-4-3-5-14(10-13)18(19,20)21/h3-10,12H,11H2,1-2H3,(H,22,23). The number of benzene rings is 2. The summed E-state index contributed by atoms with van der Waals surface area (Å²) >= 11 is 1.28. The summed E-state index contributed by atoms with van der Waals surface area (Å²) in [7, 11) is 1.56. The van der Waals surface area contributed by atoms with Gasteiger partial charge < -0.3 is 10.1 Å². The molecule has 0 spiro atoms. The molecule has 0 fully saturated rings. The fraction of sp³-hybridized carbons (Fsp3) is 0.278. The molecule has 0 saturated heterocycles. The highest BCUT2D eigenvalue weighted by atomic mass is 32.2. The Morgan fingerprint density at radius 2 is 1.88 bits per heavy atom. The number of carbonyl (C=O) groups excluding carboxylic acids is 1. The fourth-order valence-electron chi connectivity index (χ4n) is 2.05. The number of methoxy groups -OCH3 is 1. The van der Waals surface area contributed by atoms with Gasteiger partial charge in [-0.2, -0.15) is 13.2 Å². The predicted molar refractivity (Wildman–Crippen MR) is 93.8 cm³/mol. The number of thioether (sulfide) groups is 1. The molecule has 1 amide bonds. The van der Waals surface area contributed by atoms with Gasteiger partial charge in [-0.3, -0.25) is 4.79 Å². The summed E-state index contributed by atoms with van der Waals surface area (Å²) in [5, 5.41) is 2.36. The molecule has 7 heteroatoms. The van der Waals surface area contributed by atoms with Gasteiger partial charge in [-0.25, -0.2) is 0 Å². The van der Waals surface area contributed by atoms with Crippen LogP contribution in [-0.2, 0) is 16.7 Å². The lowest BCUT2D eigenvalue weighted by molar-refractivity contribution is -0.137. The Morgan fingerprint density at radius 1 is 1.20 bits per heavy atom. The van der Waals surface area contributed by atoms with Crippen molar-refractivity contribution in [1.29, 1.82) is 0 Å². The van der Waals surface area contributed by atoms with Gasteiger partial charge in [0.2, 0.25) is 5.91 Å². The van der Waals surface area contributed by atoms with E-state index in [1.165, 1.54) is 17.8 Å². The van der Waals surface area contributed by atoms with Gasteiger partial charge in [0.05, 0.1) is 17.9 Å². The lowest BCUT2D eigenvalue weighted by Gasteiger charge is -2.13. The van der Waals surface area contributed by atoms with Crippen LogP contribution in [0.15, 0.2) is 48.5 Å². The summed E-state index contributed by atoms with van der Waals surface area (Å²) in [6, 6.07) is 12.1. The number of hydrogen-bond acceptors (Lipinski definition) is 3. The molecule has 0 bridgehead atoms. The van der Waals surface area contributed by atoms with Crippen LogP contribution >= 0.6 is 11.8 Å². The van der Waals surface area contributed by atoms with Gasteiger partial charge in [0.25, 0.3) is 0 Å². The molecule has 0 aliphatic carbocycles. The highest BCUT2D eigenvalue weighted by Gasteiger charge is 2.30. The van der Waals surface area contributed by atoms with E-state index in [0.29, 0.717) is 22.8 Å². The van der Waals surface area contributed by atoms with Crippen LogP contribution in [0.2, 0.25) is 0 Å². The maximum Gasteiger partial charge on any atom is 0.416 e. The molecular weight excluding hydrogens is 351 g/mol. The summed E-state index contributed by atoms with van der Waals surface area (Å²) in [5.74, 6) is 0.799. The number of alkyl halides is 3. The van der Waals surface area contributed by atoms with E-state index in [4.69, 9.17) is 4.74 Å². The first-order chi connectivity index (χ1) is 11.8. The van der Waals surface area contributed by atoms with Crippen molar-refractivity contribution >= 4 is 23.4 Å². The number of rotatable bonds is 6. The average molecular weight is 369 g/mol. The van der Waals surface area contributed by atoms with E-state index in [0.717, 1.165) is 12.1 Å². The molecule has 25 heavy (non-hydrogen) atoms. The minimum atomic E-state index is -4.36. The second-order valence-electron chi connectivity index (χ2n) is 5.37. The van der Waals surface area contributed by atoms with E-state index in [1.54, 1.807) is 44.4 Å². The highest BCUT2D eigenvalue weighted by Crippen LogP contribution is 2.30. The summed E-state index contributed by atoms with van der Waals surface area (Å²) in [6.45, 7) is 1.72. The minimum absolute atomic E-state index is 0.206. The van der Waals surface area contributed by atoms with E-state index in [-0.39, 0.29) is 5.91 Å². The molecule has 2 rings (SSSR count). The molecule has 0 heterocycles. The number of hydrogen-bond donors (Lipinski definition) is 1. The summed E-state index contributed by atoms with van der Waals surface area (Å²) in [6.07, 6.45) is -4.36. The monoisotopic (exact) mass is 369 g/mol. The van der Waals surface area contributed by atoms with Crippen molar-refractivity contribution in [3.05, 3.63) is 59.7 Å². The number of amides is 1. The van der Waals surface area contributed by atoms with Gasteiger partial charge in [0.15, 0.2) is 0 Å². The first-order valence-electron chi connectivity index (χ1n) is 7.52. The predicted octanol–water partition coefficient (Wildman–Crippen LogP) is 4.97. The molecule has 1 atom stereocenters. The third-order valence-electron chi connectivity index (χ3n) is 3.48. The van der Waals surface area contributed by atoms with E-state index in [1.807, 2.05) is 0 Å². The topological polar surface area (TPSA) is 38.3 Å². The van der Waals surface area contributed by atoms with Crippen LogP contribution in [0.1, 0.15) is 18.1 Å². The maximum absolute atomic E-state index is 12.7. The largest absolute Gasteiger partial charge is 0.497 e. The van der Waals surface area contributed by atoms with Gasteiger partial charge in [0, 0.05) is 11.4 Å². The minimum Gasteiger partial charge on any atom is -0.497 e. The van der Waals surface area contributed by atoms with E-state index in [2.05, 4.69) is 5.32 Å². The third kappa shape index (κ3) is 5.70. The molecule has 3 nitrogen and oxygen atoms in total. The molecule has 0 radical (unpaired) electrons. The molecule has 134 valence electrons. The molecule has 1 unspecified atom stereocenters. The van der Waals surface area contributed by atoms with Crippen LogP contribution in [0.3, 0.4) is 0 Å². The number of carbonyl (C=O) groups is 1. The van der Waals surface area contributed by atoms with Crippen molar-refractivity contribution in [2.24, 2.45) is 0 Å². The summed E-state index contributed by atoms with van der Waals surface area (Å²) in [4.78, 5) is 12.2. The van der Waals surface area contributed by atoms with Crippen molar-refractivity contribution in [2.75, 3.05) is 12.4 Å². The van der Waals surface area contributed by atoms with Gasteiger partial charge in [-0.1, -0.05) is 18.2 Å². The first kappa shape index (κ1) is 19.2. The average Bonchev–Trinajstić information content (AvgIpc) is 2.59. The zero-order valence-electron chi connectivity index (χ0n) is 13.8. The van der Waals surface area contributed by atoms with E-state index in [9.17, 15) is 18.0 Å². The van der Waals surface area contributed by atoms with Gasteiger partial charge >= 0.3 is 6.18 Å². The van der Waals surface area contributed by atoms with Crippen molar-refractivity contribution in [3.63, 3.8) is 0 Å². The number of anilines is 1. The number of ether oxygens (including phenoxy) is 1. The molecular formula is C18H18F3NO2S. The van der Waals surface area contributed by atoms with Crippen LogP contribution in [0.4, 0.5) is 18.9 Å². The third-order valence-corrected chi connectivity index (χ3v) is 4.70. The molecule has 1 N–H and O–H groups in total. The van der Waals surface area contributed by atoms with Gasteiger partial charge in [-0.15, -0.1) is 11.8 Å². The second kappa shape index (κ2) is 8.29. The zero-order chi connectivity index (χ0) is 18.4. The maximum atomic E-state index is 12.7. The molecule has 0 saturated carbocycles. The van der Waals surface area contributed by atoms with Crippen LogP contribution < -0.4 is 10.1 Å². The molecule has 2 aromatic carbocycles. The van der Waals surface area contributed by atoms with Gasteiger partial charge in [-0.05, 0) is 42.8 Å². The Balaban J connectivity index is 1.90. The Hall–Kier alpha value is -2.15. The number of halogens is 3. The highest BCUT2D eigenvalue weighted by molar-refractivity contribution is 7.99. The van der Waals surface area contributed by atoms with E-state index < -0.39 is 17.0 Å². The molecule has 0 aromatic heterocycles. The molecule has 2 aromatic rings. The van der Waals surface area contributed by atoms with Crippen LogP contribution in [0.5, 0.6) is 5.75 Å². The normalized spacial score (nSPS) is 12.5. The van der Waals surface area contributed by atoms with E-state index >= 15 is 0 Å². The SMILES string of the molecule is COc1ccc(NC(=O)C(C)SCc2cccc(C(F)(F)F)c2)cc1. The quantitative estimate of drug-likeness (QED) is 0.781. The summed E-state index contributed by atoms with van der Waals surface area (Å²) in [5.41, 5.74) is 0.488. The fourth-order valence-corrected chi connectivity index (χ4v) is 2.88. The van der Waals surface area contributed by atoms with Crippen LogP contribution in [0.25, 0.3) is 0 Å². The van der Waals surface area contributed by atoms with Gasteiger partial charge in [0.1, 0.15) is 5.75 Å². The van der Waals surface area contributed by atoms with Crippen LogP contribution in [0, 0.1) is 0 Å². The Bertz CT molecular complexity index is 717. The Kier molecular flexibility index (Phi) is 6.36. The molecule has 0 aliphatic heterocycles. The molecule has 0 aliphatic rings. The lowest BCUT2D eigenvalue weighted by Crippen LogP contribution is -2.22. The van der Waals surface area contributed by atoms with Crippen molar-refractivity contribution in [3.8, 4) is 5.75 Å². The Morgan fingerprint density at radius 3 is 2.48 bits per heavy atom. The summed E-state index contributed by atoms with van der Waals surface area (Å²) < 4.78 is 43.2. The second-order valence-corrected chi connectivity index (χ2v) is 6.70. The van der Waals surface area contributed by atoms with Crippen molar-refractivity contribution < 1.29 is 22.7 Å². The zero-order valence-corrected chi connectivity index (χ0v) is 14.6. The van der Waals surface area contributed by atoms with Crippen molar-refractivity contribution in [2.45, 2.75) is 24.1 Å². The lowest BCUT2D eigenvalue weighted by atomic mass is 10.1. The Labute approximate surface area is 148 Å².